The van der Waals surface area contributed by atoms with Crippen molar-refractivity contribution in [2.75, 3.05) is 18.9 Å². The lowest BCUT2D eigenvalue weighted by Gasteiger charge is -2.18. The van der Waals surface area contributed by atoms with Crippen molar-refractivity contribution < 1.29 is 19.1 Å². The van der Waals surface area contributed by atoms with Crippen LogP contribution in [-0.4, -0.2) is 37.0 Å². The Morgan fingerprint density at radius 3 is 2.08 bits per heavy atom. The van der Waals surface area contributed by atoms with Crippen molar-refractivity contribution in [3.8, 4) is 0 Å². The van der Waals surface area contributed by atoms with Crippen LogP contribution in [0.1, 0.15) is 27.6 Å². The van der Waals surface area contributed by atoms with Crippen LogP contribution in [-0.2, 0) is 9.53 Å². The maximum absolute atomic E-state index is 12.5. The predicted octanol–water partition coefficient (Wildman–Crippen LogP) is 2.14. The van der Waals surface area contributed by atoms with Gasteiger partial charge in [0.15, 0.2) is 0 Å². The van der Waals surface area contributed by atoms with Gasteiger partial charge in [-0.2, -0.15) is 0 Å². The van der Waals surface area contributed by atoms with E-state index in [0.717, 1.165) is 0 Å². The zero-order chi connectivity index (χ0) is 19.3. The van der Waals surface area contributed by atoms with Gasteiger partial charge in [-0.1, -0.05) is 0 Å². The fourth-order valence-corrected chi connectivity index (χ4v) is 5.93. The lowest BCUT2D eigenvalue weighted by Crippen LogP contribution is -2.34. The Balaban J connectivity index is 3.18. The highest BCUT2D eigenvalue weighted by molar-refractivity contribution is 14.1. The molecule has 0 saturated carbocycles. The highest BCUT2D eigenvalue weighted by atomic mass is 127. The van der Waals surface area contributed by atoms with E-state index in [9.17, 15) is 14.4 Å². The van der Waals surface area contributed by atoms with E-state index in [0.29, 0.717) is 27.5 Å². The first-order valence-electron chi connectivity index (χ1n) is 6.92. The number of ether oxygens (including phenoxy) is 1. The van der Waals surface area contributed by atoms with Crippen LogP contribution >= 0.6 is 67.8 Å². The number of rotatable bonds is 6. The summed E-state index contributed by atoms with van der Waals surface area (Å²) in [5.41, 5.74) is 7.03. The number of hydrogen-bond acceptors (Lipinski definition) is 5. The van der Waals surface area contributed by atoms with Crippen molar-refractivity contribution in [1.82, 2.24) is 10.6 Å². The highest BCUT2D eigenvalue weighted by Crippen LogP contribution is 2.33. The average Bonchev–Trinajstić information content (AvgIpc) is 2.48. The molecule has 0 unspecified atom stereocenters. The summed E-state index contributed by atoms with van der Waals surface area (Å²) in [6.45, 7) is 8.75. The second kappa shape index (κ2) is 10.1. The minimum atomic E-state index is -0.541. The molecule has 0 aliphatic heterocycles. The molecule has 0 aromatic heterocycles. The molecule has 2 radical (unpaired) electrons. The molecular formula is C15H16I3N3O4. The minimum Gasteiger partial charge on any atom is -0.464 e. The summed E-state index contributed by atoms with van der Waals surface area (Å²) in [5.74, 6) is -1.23. The van der Waals surface area contributed by atoms with Gasteiger partial charge in [0.05, 0.1) is 30.5 Å². The number of nitrogens with one attached hydrogen (secondary N) is 2. The molecule has 0 aliphatic carbocycles. The fraction of sp³-hybridized carbons (Fsp3) is 0.267. The number of carbonyl (C=O) groups is 3. The van der Waals surface area contributed by atoms with Gasteiger partial charge in [-0.25, -0.2) is 0 Å². The smallest absolute Gasteiger partial charge is 0.302 e. The maximum atomic E-state index is 12.5. The summed E-state index contributed by atoms with van der Waals surface area (Å²) in [6, 6.07) is -0.541. The Bertz CT molecular complexity index is 708. The van der Waals surface area contributed by atoms with E-state index in [-0.39, 0.29) is 13.2 Å². The quantitative estimate of drug-likeness (QED) is 0.185. The number of nitrogens with two attached hydrogens (primary N) is 1. The van der Waals surface area contributed by atoms with Gasteiger partial charge in [0, 0.05) is 16.5 Å². The molecule has 0 spiro atoms. The average molecular weight is 683 g/mol. The number of anilines is 1. The third kappa shape index (κ3) is 6.08. The van der Waals surface area contributed by atoms with E-state index in [1.807, 2.05) is 67.8 Å². The lowest BCUT2D eigenvalue weighted by molar-refractivity contribution is -0.140. The van der Waals surface area contributed by atoms with Gasteiger partial charge < -0.3 is 21.1 Å². The van der Waals surface area contributed by atoms with Gasteiger partial charge in [0.1, 0.15) is 6.61 Å². The van der Waals surface area contributed by atoms with E-state index in [1.165, 1.54) is 6.92 Å². The van der Waals surface area contributed by atoms with Crippen LogP contribution in [0.4, 0.5) is 5.69 Å². The molecule has 10 heteroatoms. The van der Waals surface area contributed by atoms with Crippen LogP contribution in [0, 0.1) is 24.6 Å². The highest BCUT2D eigenvalue weighted by Gasteiger charge is 2.26. The normalized spacial score (nSPS) is 10.5. The Labute approximate surface area is 187 Å². The van der Waals surface area contributed by atoms with E-state index in [2.05, 4.69) is 24.5 Å². The summed E-state index contributed by atoms with van der Waals surface area (Å²) in [7, 11) is 0. The Kier molecular flexibility index (Phi) is 9.14. The third-order valence-electron chi connectivity index (χ3n) is 2.83. The van der Waals surface area contributed by atoms with Gasteiger partial charge in [0.25, 0.3) is 11.8 Å². The van der Waals surface area contributed by atoms with Crippen molar-refractivity contribution in [3.63, 3.8) is 0 Å². The molecule has 0 heterocycles. The zero-order valence-electron chi connectivity index (χ0n) is 13.3. The van der Waals surface area contributed by atoms with Crippen molar-refractivity contribution in [2.24, 2.45) is 0 Å². The monoisotopic (exact) mass is 683 g/mol. The first kappa shape index (κ1) is 22.7. The molecule has 0 atom stereocenters. The third-order valence-corrected chi connectivity index (χ3v) is 6.15. The molecule has 1 rings (SSSR count). The van der Waals surface area contributed by atoms with Crippen molar-refractivity contribution in [1.29, 1.82) is 0 Å². The molecule has 4 N–H and O–H groups in total. The lowest BCUT2D eigenvalue weighted by atomic mass is 10.1. The first-order chi connectivity index (χ1) is 11.6. The first-order valence-corrected chi connectivity index (χ1v) is 10.2. The summed E-state index contributed by atoms with van der Waals surface area (Å²) in [4.78, 5) is 35.7. The second-order valence-corrected chi connectivity index (χ2v) is 8.11. The summed E-state index contributed by atoms with van der Waals surface area (Å²) < 4.78 is 6.36. The second-order valence-electron chi connectivity index (χ2n) is 4.87. The van der Waals surface area contributed by atoms with Crippen molar-refractivity contribution >= 4 is 91.2 Å². The number of carbonyl (C=O) groups excluding carboxylic acids is 3. The fourth-order valence-electron chi connectivity index (χ4n) is 1.79. The van der Waals surface area contributed by atoms with Crippen molar-refractivity contribution in [2.45, 2.75) is 13.0 Å². The molecule has 1 aromatic rings. The predicted molar refractivity (Wildman–Crippen MR) is 120 cm³/mol. The molecule has 136 valence electrons. The molecule has 25 heavy (non-hydrogen) atoms. The topological polar surface area (TPSA) is 111 Å². The number of esters is 1. The molecule has 1 aromatic carbocycles. The van der Waals surface area contributed by atoms with Crippen LogP contribution in [0.25, 0.3) is 0 Å². The molecular weight excluding hydrogens is 667 g/mol. The number of halogens is 3. The van der Waals surface area contributed by atoms with Crippen LogP contribution in [0.5, 0.6) is 0 Å². The van der Waals surface area contributed by atoms with Gasteiger partial charge in [-0.3, -0.25) is 14.4 Å². The van der Waals surface area contributed by atoms with E-state index >= 15 is 0 Å². The summed E-state index contributed by atoms with van der Waals surface area (Å²) in [6.07, 6.45) is 0. The molecule has 7 nitrogen and oxygen atoms in total. The zero-order valence-corrected chi connectivity index (χ0v) is 19.7. The van der Waals surface area contributed by atoms with Gasteiger partial charge in [-0.05, 0) is 81.6 Å². The SMILES string of the molecule is [CH2]C([CH2])NC(=O)c1c(I)c(N)c(I)c(C(=O)NCCOC(C)=O)c1I. The minimum absolute atomic E-state index is 0.0616. The maximum Gasteiger partial charge on any atom is 0.302 e. The largest absolute Gasteiger partial charge is 0.464 e. The molecule has 0 aliphatic rings. The van der Waals surface area contributed by atoms with Gasteiger partial charge in [-0.15, -0.1) is 0 Å². The van der Waals surface area contributed by atoms with Crippen LogP contribution in [0.2, 0.25) is 0 Å². The molecule has 2 amide bonds. The Hall–Kier alpha value is -0.380. The Morgan fingerprint density at radius 2 is 1.60 bits per heavy atom. The van der Waals surface area contributed by atoms with Crippen LogP contribution in [0.15, 0.2) is 0 Å². The number of benzene rings is 1. The number of nitrogen functional groups attached to an aromatic ring is 1. The number of hydrogen-bond donors (Lipinski definition) is 3. The van der Waals surface area contributed by atoms with Gasteiger partial charge >= 0.3 is 5.97 Å². The molecule has 0 fully saturated rings. The van der Waals surface area contributed by atoms with Crippen molar-refractivity contribution in [3.05, 3.63) is 35.7 Å². The van der Waals surface area contributed by atoms with Crippen LogP contribution in [0.3, 0.4) is 0 Å². The Morgan fingerprint density at radius 1 is 1.08 bits per heavy atom. The van der Waals surface area contributed by atoms with E-state index in [1.54, 1.807) is 0 Å². The summed E-state index contributed by atoms with van der Waals surface area (Å²) >= 11 is 5.89. The van der Waals surface area contributed by atoms with E-state index < -0.39 is 23.8 Å². The number of amides is 2. The molecule has 0 bridgehead atoms. The van der Waals surface area contributed by atoms with Crippen LogP contribution < -0.4 is 16.4 Å². The van der Waals surface area contributed by atoms with Gasteiger partial charge in [0.2, 0.25) is 0 Å². The molecule has 0 saturated heterocycles. The standard InChI is InChI=1S/C15H16I3N3O4/c1-6(2)21-15(24)9-10(16)8(11(17)13(19)12(9)18)14(23)20-4-5-25-7(3)22/h6H,1-2,4-5,19H2,3H3,(H,20,23)(H,21,24). The summed E-state index contributed by atoms with van der Waals surface area (Å²) in [5, 5.41) is 5.25. The van der Waals surface area contributed by atoms with E-state index in [4.69, 9.17) is 10.5 Å².